The maximum absolute atomic E-state index is 12.0. The number of hydrogen-bond donors (Lipinski definition) is 2. The van der Waals surface area contributed by atoms with Crippen LogP contribution in [0, 0.1) is 5.92 Å². The number of guanidine groups is 1. The van der Waals surface area contributed by atoms with Crippen LogP contribution in [0.3, 0.4) is 0 Å². The van der Waals surface area contributed by atoms with Gasteiger partial charge in [0.25, 0.3) is 0 Å². The van der Waals surface area contributed by atoms with Gasteiger partial charge >= 0.3 is 0 Å². The van der Waals surface area contributed by atoms with Crippen LogP contribution in [0.5, 0.6) is 0 Å². The second-order valence-corrected chi connectivity index (χ2v) is 9.32. The molecule has 1 atom stereocenters. The van der Waals surface area contributed by atoms with E-state index in [4.69, 9.17) is 4.74 Å². The number of carbonyl (C=O) groups is 1. The van der Waals surface area contributed by atoms with E-state index < -0.39 is 9.84 Å². The van der Waals surface area contributed by atoms with Gasteiger partial charge in [0.2, 0.25) is 5.91 Å². The number of likely N-dealkylation sites (N-methyl/N-ethyl adjacent to an activating group) is 1. The van der Waals surface area contributed by atoms with Crippen LogP contribution in [0.25, 0.3) is 0 Å². The van der Waals surface area contributed by atoms with Crippen LogP contribution in [0.4, 0.5) is 0 Å². The summed E-state index contributed by atoms with van der Waals surface area (Å²) in [7, 11) is -1.03. The van der Waals surface area contributed by atoms with Gasteiger partial charge < -0.3 is 20.3 Å². The first-order valence-electron chi connectivity index (χ1n) is 9.46. The number of nitrogens with zero attached hydrogens (tertiary/aromatic N) is 2. The maximum Gasteiger partial charge on any atom is 0.222 e. The summed E-state index contributed by atoms with van der Waals surface area (Å²) in [6, 6.07) is -0.254. The highest BCUT2D eigenvalue weighted by Gasteiger charge is 2.28. The largest absolute Gasteiger partial charge is 0.379 e. The zero-order valence-corrected chi connectivity index (χ0v) is 16.7. The van der Waals surface area contributed by atoms with Crippen LogP contribution in [0.1, 0.15) is 32.6 Å². The molecule has 1 aliphatic heterocycles. The van der Waals surface area contributed by atoms with Gasteiger partial charge in [0.15, 0.2) is 15.8 Å². The van der Waals surface area contributed by atoms with Gasteiger partial charge in [-0.15, -0.1) is 0 Å². The Morgan fingerprint density at radius 1 is 1.31 bits per heavy atom. The van der Waals surface area contributed by atoms with Crippen molar-refractivity contribution in [3.8, 4) is 0 Å². The number of rotatable bonds is 10. The Balaban J connectivity index is 1.68. The van der Waals surface area contributed by atoms with E-state index in [0.29, 0.717) is 19.6 Å². The standard InChI is InChI=1S/C17H32N4O4S/c1-3-18-17(21(2)9-10-25-12-14-4-5-14)19-8-6-16(22)20-15-7-11-26(23,24)13-15/h14-15H,3-13H2,1-2H3,(H,18,19)(H,20,22). The first-order chi connectivity index (χ1) is 12.4. The van der Waals surface area contributed by atoms with Crippen molar-refractivity contribution in [1.82, 2.24) is 15.5 Å². The third kappa shape index (κ3) is 7.90. The number of carbonyl (C=O) groups excluding carboxylic acids is 1. The van der Waals surface area contributed by atoms with Crippen LogP contribution in [0.15, 0.2) is 4.99 Å². The van der Waals surface area contributed by atoms with Crippen LogP contribution in [-0.4, -0.2) is 82.6 Å². The van der Waals surface area contributed by atoms with Crippen molar-refractivity contribution < 1.29 is 17.9 Å². The Morgan fingerprint density at radius 2 is 2.08 bits per heavy atom. The van der Waals surface area contributed by atoms with Crippen molar-refractivity contribution in [3.05, 3.63) is 0 Å². The molecule has 2 rings (SSSR count). The lowest BCUT2D eigenvalue weighted by atomic mass is 10.2. The fourth-order valence-corrected chi connectivity index (χ4v) is 4.46. The summed E-state index contributed by atoms with van der Waals surface area (Å²) >= 11 is 0. The number of aliphatic imine (C=N–C) groups is 1. The summed E-state index contributed by atoms with van der Waals surface area (Å²) in [5.41, 5.74) is 0. The van der Waals surface area contributed by atoms with Gasteiger partial charge in [0.05, 0.1) is 24.7 Å². The van der Waals surface area contributed by atoms with Crippen LogP contribution >= 0.6 is 0 Å². The minimum atomic E-state index is -2.98. The van der Waals surface area contributed by atoms with Crippen molar-refractivity contribution in [2.45, 2.75) is 38.6 Å². The fourth-order valence-electron chi connectivity index (χ4n) is 2.78. The second-order valence-electron chi connectivity index (χ2n) is 7.09. The molecular weight excluding hydrogens is 356 g/mol. The molecule has 1 amide bonds. The molecule has 0 radical (unpaired) electrons. The van der Waals surface area contributed by atoms with Gasteiger partial charge in [-0.2, -0.15) is 0 Å². The Kier molecular flexibility index (Phi) is 8.15. The molecular formula is C17H32N4O4S. The van der Waals surface area contributed by atoms with Gasteiger partial charge in [-0.05, 0) is 32.1 Å². The zero-order valence-electron chi connectivity index (χ0n) is 15.9. The lowest BCUT2D eigenvalue weighted by Gasteiger charge is -2.22. The van der Waals surface area contributed by atoms with Crippen molar-refractivity contribution in [3.63, 3.8) is 0 Å². The Labute approximate surface area is 156 Å². The van der Waals surface area contributed by atoms with E-state index in [1.807, 2.05) is 18.9 Å². The molecule has 9 heteroatoms. The number of ether oxygens (including phenoxy) is 1. The van der Waals surface area contributed by atoms with Gasteiger partial charge in [-0.25, -0.2) is 8.42 Å². The van der Waals surface area contributed by atoms with Crippen molar-refractivity contribution in [2.75, 3.05) is 51.4 Å². The number of nitrogens with one attached hydrogen (secondary N) is 2. The predicted octanol–water partition coefficient (Wildman–Crippen LogP) is 0.00370. The van der Waals surface area contributed by atoms with E-state index >= 15 is 0 Å². The molecule has 0 bridgehead atoms. The molecule has 2 N–H and O–H groups in total. The molecule has 0 aromatic carbocycles. The van der Waals surface area contributed by atoms with E-state index in [1.54, 1.807) is 0 Å². The summed E-state index contributed by atoms with van der Waals surface area (Å²) in [6.07, 6.45) is 3.32. The van der Waals surface area contributed by atoms with E-state index in [-0.39, 0.29) is 29.9 Å². The van der Waals surface area contributed by atoms with Gasteiger partial charge in [0.1, 0.15) is 0 Å². The zero-order chi connectivity index (χ0) is 19.0. The Hall–Kier alpha value is -1.35. The van der Waals surface area contributed by atoms with Crippen molar-refractivity contribution >= 4 is 21.7 Å². The lowest BCUT2D eigenvalue weighted by molar-refractivity contribution is -0.121. The average Bonchev–Trinajstić information content (AvgIpc) is 3.34. The lowest BCUT2D eigenvalue weighted by Crippen LogP contribution is -2.41. The van der Waals surface area contributed by atoms with Crippen LogP contribution in [-0.2, 0) is 19.4 Å². The molecule has 0 aromatic rings. The molecule has 0 aromatic heterocycles. The Bertz CT molecular complexity index is 590. The fraction of sp³-hybridized carbons (Fsp3) is 0.882. The van der Waals surface area contributed by atoms with E-state index in [9.17, 15) is 13.2 Å². The highest BCUT2D eigenvalue weighted by Crippen LogP contribution is 2.28. The number of sulfone groups is 1. The first kappa shape index (κ1) is 21.0. The molecule has 1 saturated carbocycles. The molecule has 2 fully saturated rings. The second kappa shape index (κ2) is 10.1. The molecule has 1 saturated heterocycles. The molecule has 1 aliphatic carbocycles. The summed E-state index contributed by atoms with van der Waals surface area (Å²) in [4.78, 5) is 18.4. The molecule has 150 valence electrons. The summed E-state index contributed by atoms with van der Waals surface area (Å²) in [6.45, 7) is 5.36. The number of amides is 1. The monoisotopic (exact) mass is 388 g/mol. The third-order valence-electron chi connectivity index (χ3n) is 4.52. The number of hydrogen-bond acceptors (Lipinski definition) is 5. The summed E-state index contributed by atoms with van der Waals surface area (Å²) in [5.74, 6) is 1.57. The van der Waals surface area contributed by atoms with Crippen LogP contribution < -0.4 is 10.6 Å². The summed E-state index contributed by atoms with van der Waals surface area (Å²) < 4.78 is 28.5. The smallest absolute Gasteiger partial charge is 0.222 e. The van der Waals surface area contributed by atoms with Gasteiger partial charge in [0, 0.05) is 39.2 Å². The quantitative estimate of drug-likeness (QED) is 0.311. The van der Waals surface area contributed by atoms with Crippen LogP contribution in [0.2, 0.25) is 0 Å². The molecule has 26 heavy (non-hydrogen) atoms. The average molecular weight is 389 g/mol. The van der Waals surface area contributed by atoms with E-state index in [1.165, 1.54) is 12.8 Å². The minimum Gasteiger partial charge on any atom is -0.379 e. The molecule has 8 nitrogen and oxygen atoms in total. The normalized spacial score (nSPS) is 22.2. The van der Waals surface area contributed by atoms with Crippen molar-refractivity contribution in [2.24, 2.45) is 10.9 Å². The van der Waals surface area contributed by atoms with E-state index in [2.05, 4.69) is 15.6 Å². The molecule has 1 heterocycles. The van der Waals surface area contributed by atoms with Gasteiger partial charge in [-0.1, -0.05) is 0 Å². The minimum absolute atomic E-state index is 0.0498. The summed E-state index contributed by atoms with van der Waals surface area (Å²) in [5, 5.41) is 6.00. The Morgan fingerprint density at radius 3 is 2.69 bits per heavy atom. The van der Waals surface area contributed by atoms with Crippen molar-refractivity contribution in [1.29, 1.82) is 0 Å². The highest BCUT2D eigenvalue weighted by atomic mass is 32.2. The third-order valence-corrected chi connectivity index (χ3v) is 6.28. The SMILES string of the molecule is CCNC(=NCCC(=O)NC1CCS(=O)(=O)C1)N(C)CCOCC1CC1. The maximum atomic E-state index is 12.0. The van der Waals surface area contributed by atoms with E-state index in [0.717, 1.165) is 31.6 Å². The molecule has 1 unspecified atom stereocenters. The first-order valence-corrected chi connectivity index (χ1v) is 11.3. The topological polar surface area (TPSA) is 100 Å². The predicted molar refractivity (Wildman–Crippen MR) is 102 cm³/mol. The molecule has 2 aliphatic rings. The van der Waals surface area contributed by atoms with Gasteiger partial charge in [-0.3, -0.25) is 9.79 Å². The highest BCUT2D eigenvalue weighted by molar-refractivity contribution is 7.91. The molecule has 0 spiro atoms.